The van der Waals surface area contributed by atoms with Gasteiger partial charge in [-0.25, -0.2) is 0 Å². The van der Waals surface area contributed by atoms with Crippen LogP contribution in [0, 0.1) is 5.41 Å². The van der Waals surface area contributed by atoms with Crippen molar-refractivity contribution in [1.29, 1.82) is 0 Å². The SMILES string of the molecule is CCCCCCCCCCCCCCCCCCCCCCOC(=O)C(C)(C)C. The van der Waals surface area contributed by atoms with Crippen molar-refractivity contribution in [3.05, 3.63) is 0 Å². The lowest BCUT2D eigenvalue weighted by Crippen LogP contribution is -2.23. The predicted octanol–water partition coefficient (Wildman–Crippen LogP) is 9.40. The normalized spacial score (nSPS) is 11.7. The third-order valence-corrected chi connectivity index (χ3v) is 5.84. The summed E-state index contributed by atoms with van der Waals surface area (Å²) in [7, 11) is 0. The Kier molecular flexibility index (Phi) is 20.4. The summed E-state index contributed by atoms with van der Waals surface area (Å²) in [4.78, 5) is 11.6. The molecule has 0 aliphatic heterocycles. The molecule has 0 fully saturated rings. The fourth-order valence-electron chi connectivity index (χ4n) is 3.74. The van der Waals surface area contributed by atoms with Crippen molar-refractivity contribution in [2.45, 2.75) is 156 Å². The second kappa shape index (κ2) is 20.7. The van der Waals surface area contributed by atoms with Crippen molar-refractivity contribution >= 4 is 5.97 Å². The van der Waals surface area contributed by atoms with E-state index in [9.17, 15) is 4.79 Å². The molecule has 0 aromatic heterocycles. The Morgan fingerprint density at radius 1 is 0.517 bits per heavy atom. The Balaban J connectivity index is 3.09. The van der Waals surface area contributed by atoms with Crippen LogP contribution >= 0.6 is 0 Å². The van der Waals surface area contributed by atoms with Gasteiger partial charge in [0.2, 0.25) is 0 Å². The van der Waals surface area contributed by atoms with Gasteiger partial charge in [0, 0.05) is 0 Å². The van der Waals surface area contributed by atoms with Crippen molar-refractivity contribution < 1.29 is 9.53 Å². The highest BCUT2D eigenvalue weighted by molar-refractivity contribution is 5.75. The van der Waals surface area contributed by atoms with Gasteiger partial charge in [-0.15, -0.1) is 0 Å². The van der Waals surface area contributed by atoms with Crippen molar-refractivity contribution in [2.75, 3.05) is 6.61 Å². The highest BCUT2D eigenvalue weighted by atomic mass is 16.5. The Hall–Kier alpha value is -0.530. The number of esters is 1. The van der Waals surface area contributed by atoms with E-state index in [4.69, 9.17) is 4.74 Å². The third kappa shape index (κ3) is 22.0. The zero-order valence-electron chi connectivity index (χ0n) is 20.7. The number of carbonyl (C=O) groups excluding carboxylic acids is 1. The van der Waals surface area contributed by atoms with Crippen LogP contribution in [-0.2, 0) is 9.53 Å². The highest BCUT2D eigenvalue weighted by Gasteiger charge is 2.22. The fraction of sp³-hybridized carbons (Fsp3) is 0.963. The van der Waals surface area contributed by atoms with Gasteiger partial charge in [-0.1, -0.05) is 129 Å². The van der Waals surface area contributed by atoms with Crippen LogP contribution in [0.3, 0.4) is 0 Å². The first-order chi connectivity index (χ1) is 14.0. The van der Waals surface area contributed by atoms with Gasteiger partial charge >= 0.3 is 5.97 Å². The lowest BCUT2D eigenvalue weighted by molar-refractivity contribution is -0.153. The minimum absolute atomic E-state index is 0.0738. The van der Waals surface area contributed by atoms with Gasteiger partial charge in [-0.05, 0) is 27.2 Å². The van der Waals surface area contributed by atoms with Gasteiger partial charge in [0.15, 0.2) is 0 Å². The minimum atomic E-state index is -0.368. The molecule has 0 rings (SSSR count). The van der Waals surface area contributed by atoms with E-state index in [1.165, 1.54) is 122 Å². The van der Waals surface area contributed by atoms with Gasteiger partial charge in [0.1, 0.15) is 0 Å². The maximum atomic E-state index is 11.6. The molecule has 0 unspecified atom stereocenters. The van der Waals surface area contributed by atoms with Crippen LogP contribution in [0.5, 0.6) is 0 Å². The Morgan fingerprint density at radius 3 is 1.07 bits per heavy atom. The van der Waals surface area contributed by atoms with E-state index < -0.39 is 0 Å². The Labute approximate surface area is 184 Å². The van der Waals surface area contributed by atoms with Crippen molar-refractivity contribution in [3.8, 4) is 0 Å². The van der Waals surface area contributed by atoms with E-state index in [1.807, 2.05) is 20.8 Å². The summed E-state index contributed by atoms with van der Waals surface area (Å²) in [5.41, 5.74) is -0.368. The molecule has 2 nitrogen and oxygen atoms in total. The average molecular weight is 411 g/mol. The number of hydrogen-bond acceptors (Lipinski definition) is 2. The largest absolute Gasteiger partial charge is 0.465 e. The maximum Gasteiger partial charge on any atom is 0.311 e. The molecular formula is C27H54O2. The van der Waals surface area contributed by atoms with E-state index >= 15 is 0 Å². The topological polar surface area (TPSA) is 26.3 Å². The first-order valence-electron chi connectivity index (χ1n) is 13.2. The van der Waals surface area contributed by atoms with Crippen LogP contribution in [0.15, 0.2) is 0 Å². The van der Waals surface area contributed by atoms with E-state index in [2.05, 4.69) is 6.92 Å². The second-order valence-corrected chi connectivity index (χ2v) is 10.1. The van der Waals surface area contributed by atoms with Crippen molar-refractivity contribution in [1.82, 2.24) is 0 Å². The quantitative estimate of drug-likeness (QED) is 0.139. The van der Waals surface area contributed by atoms with E-state index in [-0.39, 0.29) is 11.4 Å². The zero-order valence-corrected chi connectivity index (χ0v) is 20.7. The van der Waals surface area contributed by atoms with Gasteiger partial charge in [-0.3, -0.25) is 4.79 Å². The molecule has 2 heteroatoms. The summed E-state index contributed by atoms with van der Waals surface area (Å²) in [5, 5.41) is 0. The zero-order chi connectivity index (χ0) is 21.6. The summed E-state index contributed by atoms with van der Waals surface area (Å²) in [5.74, 6) is -0.0738. The maximum absolute atomic E-state index is 11.6. The monoisotopic (exact) mass is 410 g/mol. The molecule has 0 heterocycles. The molecule has 0 saturated heterocycles. The standard InChI is InChI=1S/C27H54O2/c1-5-6-7-8-9-10-11-12-13-14-15-16-17-18-19-20-21-22-23-24-25-29-26(28)27(2,3)4/h5-25H2,1-4H3. The lowest BCUT2D eigenvalue weighted by Gasteiger charge is -2.16. The molecule has 0 saturated carbocycles. The molecular weight excluding hydrogens is 356 g/mol. The molecule has 0 N–H and O–H groups in total. The smallest absolute Gasteiger partial charge is 0.311 e. The molecule has 0 atom stereocenters. The molecule has 0 spiro atoms. The van der Waals surface area contributed by atoms with Crippen molar-refractivity contribution in [2.24, 2.45) is 5.41 Å². The van der Waals surface area contributed by atoms with Gasteiger partial charge < -0.3 is 4.74 Å². The fourth-order valence-corrected chi connectivity index (χ4v) is 3.74. The minimum Gasteiger partial charge on any atom is -0.465 e. The third-order valence-electron chi connectivity index (χ3n) is 5.84. The molecule has 0 amide bonds. The van der Waals surface area contributed by atoms with Gasteiger partial charge in [0.05, 0.1) is 12.0 Å². The molecule has 0 bridgehead atoms. The molecule has 0 radical (unpaired) electrons. The molecule has 174 valence electrons. The number of carbonyl (C=O) groups is 1. The Bertz CT molecular complexity index is 343. The molecule has 29 heavy (non-hydrogen) atoms. The summed E-state index contributed by atoms with van der Waals surface area (Å²) < 4.78 is 5.30. The highest BCUT2D eigenvalue weighted by Crippen LogP contribution is 2.16. The van der Waals surface area contributed by atoms with Crippen LogP contribution in [-0.4, -0.2) is 12.6 Å². The average Bonchev–Trinajstić information content (AvgIpc) is 2.68. The van der Waals surface area contributed by atoms with Crippen LogP contribution in [0.4, 0.5) is 0 Å². The van der Waals surface area contributed by atoms with E-state index in [0.29, 0.717) is 6.61 Å². The van der Waals surface area contributed by atoms with E-state index in [1.54, 1.807) is 0 Å². The lowest BCUT2D eigenvalue weighted by atomic mass is 9.97. The van der Waals surface area contributed by atoms with Crippen LogP contribution in [0.1, 0.15) is 156 Å². The Morgan fingerprint density at radius 2 is 0.793 bits per heavy atom. The first kappa shape index (κ1) is 28.5. The van der Waals surface area contributed by atoms with Crippen LogP contribution < -0.4 is 0 Å². The number of rotatable bonds is 21. The summed E-state index contributed by atoms with van der Waals surface area (Å²) >= 11 is 0. The molecule has 0 aromatic carbocycles. The number of ether oxygens (including phenoxy) is 1. The summed E-state index contributed by atoms with van der Waals surface area (Å²) in [6.45, 7) is 8.61. The van der Waals surface area contributed by atoms with Gasteiger partial charge in [0.25, 0.3) is 0 Å². The molecule has 0 aliphatic rings. The second-order valence-electron chi connectivity index (χ2n) is 10.1. The number of hydrogen-bond donors (Lipinski definition) is 0. The molecule has 0 aliphatic carbocycles. The van der Waals surface area contributed by atoms with Crippen LogP contribution in [0.25, 0.3) is 0 Å². The van der Waals surface area contributed by atoms with Crippen molar-refractivity contribution in [3.63, 3.8) is 0 Å². The number of unbranched alkanes of at least 4 members (excludes halogenated alkanes) is 19. The van der Waals surface area contributed by atoms with E-state index in [0.717, 1.165) is 6.42 Å². The molecule has 0 aromatic rings. The predicted molar refractivity (Wildman–Crippen MR) is 128 cm³/mol. The summed E-state index contributed by atoms with van der Waals surface area (Å²) in [6.07, 6.45) is 27.8. The van der Waals surface area contributed by atoms with Crippen LogP contribution in [0.2, 0.25) is 0 Å². The first-order valence-corrected chi connectivity index (χ1v) is 13.2. The van der Waals surface area contributed by atoms with Gasteiger partial charge in [-0.2, -0.15) is 0 Å². The summed E-state index contributed by atoms with van der Waals surface area (Å²) in [6, 6.07) is 0.